The first-order valence-electron chi connectivity index (χ1n) is 5.71. The van der Waals surface area contributed by atoms with Crippen molar-refractivity contribution in [2.45, 2.75) is 19.3 Å². The van der Waals surface area contributed by atoms with Crippen molar-refractivity contribution in [1.82, 2.24) is 0 Å². The molecule has 0 spiro atoms. The van der Waals surface area contributed by atoms with Crippen molar-refractivity contribution in [2.75, 3.05) is 0 Å². The fourth-order valence-electron chi connectivity index (χ4n) is 2.18. The standard InChI is InChI=1S/C14H12O2S/c15-11-6-1-4-10-5-2-7-12(14(10)11)16-13-8-3-9-17-13/h2-3,5,7-9H,1,4,6H2. The van der Waals surface area contributed by atoms with E-state index in [9.17, 15) is 4.79 Å². The number of carbonyl (C=O) groups excluding carboxylic acids is 1. The lowest BCUT2D eigenvalue weighted by molar-refractivity contribution is 0.0970. The molecule has 2 nitrogen and oxygen atoms in total. The highest BCUT2D eigenvalue weighted by atomic mass is 32.1. The average molecular weight is 244 g/mol. The van der Waals surface area contributed by atoms with Crippen LogP contribution in [0.2, 0.25) is 0 Å². The van der Waals surface area contributed by atoms with Gasteiger partial charge in [0.15, 0.2) is 10.8 Å². The monoisotopic (exact) mass is 244 g/mol. The minimum absolute atomic E-state index is 0.207. The molecular formula is C14H12O2S. The summed E-state index contributed by atoms with van der Waals surface area (Å²) in [5.74, 6) is 0.910. The number of aryl methyl sites for hydroxylation is 1. The number of rotatable bonds is 2. The summed E-state index contributed by atoms with van der Waals surface area (Å²) in [5.41, 5.74) is 1.91. The summed E-state index contributed by atoms with van der Waals surface area (Å²) in [6.45, 7) is 0. The van der Waals surface area contributed by atoms with Crippen molar-refractivity contribution >= 4 is 17.1 Å². The molecule has 0 atom stereocenters. The first-order chi connectivity index (χ1) is 8.34. The Hall–Kier alpha value is -1.61. The van der Waals surface area contributed by atoms with Crippen molar-refractivity contribution in [3.05, 3.63) is 46.8 Å². The fourth-order valence-corrected chi connectivity index (χ4v) is 2.77. The number of carbonyl (C=O) groups is 1. The van der Waals surface area contributed by atoms with Gasteiger partial charge in [-0.05, 0) is 42.0 Å². The molecule has 17 heavy (non-hydrogen) atoms. The van der Waals surface area contributed by atoms with E-state index in [0.29, 0.717) is 12.2 Å². The van der Waals surface area contributed by atoms with Gasteiger partial charge in [-0.3, -0.25) is 4.79 Å². The minimum Gasteiger partial charge on any atom is -0.446 e. The molecule has 1 aromatic heterocycles. The average Bonchev–Trinajstić information content (AvgIpc) is 2.82. The molecular weight excluding hydrogens is 232 g/mol. The maximum absolute atomic E-state index is 12.0. The lowest BCUT2D eigenvalue weighted by Gasteiger charge is -2.17. The summed E-state index contributed by atoms with van der Waals surface area (Å²) in [6.07, 6.45) is 2.56. The Balaban J connectivity index is 2.02. The van der Waals surface area contributed by atoms with Crippen molar-refractivity contribution in [2.24, 2.45) is 0 Å². The molecule has 0 aliphatic heterocycles. The molecule has 0 bridgehead atoms. The van der Waals surface area contributed by atoms with Crippen LogP contribution in [0.15, 0.2) is 35.7 Å². The van der Waals surface area contributed by atoms with E-state index in [1.165, 1.54) is 11.3 Å². The van der Waals surface area contributed by atoms with Crippen LogP contribution in [0, 0.1) is 0 Å². The number of ether oxygens (including phenoxy) is 1. The third-order valence-electron chi connectivity index (χ3n) is 2.95. The number of ketones is 1. The topological polar surface area (TPSA) is 26.3 Å². The third kappa shape index (κ3) is 1.98. The number of benzene rings is 1. The van der Waals surface area contributed by atoms with Crippen LogP contribution in [0.5, 0.6) is 10.8 Å². The lowest BCUT2D eigenvalue weighted by Crippen LogP contribution is -2.11. The van der Waals surface area contributed by atoms with Crippen LogP contribution in [0.25, 0.3) is 0 Å². The van der Waals surface area contributed by atoms with Gasteiger partial charge in [-0.25, -0.2) is 0 Å². The van der Waals surface area contributed by atoms with Crippen LogP contribution >= 0.6 is 11.3 Å². The van der Waals surface area contributed by atoms with Crippen molar-refractivity contribution in [1.29, 1.82) is 0 Å². The lowest BCUT2D eigenvalue weighted by atomic mass is 9.90. The SMILES string of the molecule is O=C1CCCc2cccc(Oc3cccs3)c21. The van der Waals surface area contributed by atoms with Gasteiger partial charge in [-0.2, -0.15) is 0 Å². The molecule has 0 N–H and O–H groups in total. The molecule has 0 unspecified atom stereocenters. The van der Waals surface area contributed by atoms with E-state index in [4.69, 9.17) is 4.74 Å². The Morgan fingerprint density at radius 1 is 1.12 bits per heavy atom. The van der Waals surface area contributed by atoms with Gasteiger partial charge < -0.3 is 4.74 Å². The zero-order valence-electron chi connectivity index (χ0n) is 9.31. The maximum Gasteiger partial charge on any atom is 0.180 e. The zero-order valence-corrected chi connectivity index (χ0v) is 10.1. The molecule has 0 fully saturated rings. The highest BCUT2D eigenvalue weighted by Crippen LogP contribution is 2.34. The molecule has 0 saturated heterocycles. The molecule has 0 radical (unpaired) electrons. The van der Waals surface area contributed by atoms with Gasteiger partial charge in [0.2, 0.25) is 0 Å². The smallest absolute Gasteiger partial charge is 0.180 e. The number of thiophene rings is 1. The summed E-state index contributed by atoms with van der Waals surface area (Å²) in [5, 5.41) is 2.80. The van der Waals surface area contributed by atoms with Gasteiger partial charge in [-0.1, -0.05) is 12.1 Å². The van der Waals surface area contributed by atoms with Gasteiger partial charge in [-0.15, -0.1) is 11.3 Å². The van der Waals surface area contributed by atoms with Gasteiger partial charge >= 0.3 is 0 Å². The second kappa shape index (κ2) is 4.34. The largest absolute Gasteiger partial charge is 0.446 e. The molecule has 1 aliphatic carbocycles. The molecule has 1 heterocycles. The molecule has 1 aromatic carbocycles. The van der Waals surface area contributed by atoms with E-state index in [2.05, 4.69) is 0 Å². The van der Waals surface area contributed by atoms with Crippen LogP contribution in [0.4, 0.5) is 0 Å². The quantitative estimate of drug-likeness (QED) is 0.796. The Morgan fingerprint density at radius 2 is 2.06 bits per heavy atom. The summed E-state index contributed by atoms with van der Waals surface area (Å²) in [4.78, 5) is 12.0. The third-order valence-corrected chi connectivity index (χ3v) is 3.69. The molecule has 3 rings (SSSR count). The molecule has 0 saturated carbocycles. The number of fused-ring (bicyclic) bond motifs is 1. The molecule has 86 valence electrons. The summed E-state index contributed by atoms with van der Waals surface area (Å²) in [6, 6.07) is 9.71. The number of hydrogen-bond donors (Lipinski definition) is 0. The Morgan fingerprint density at radius 3 is 2.88 bits per heavy atom. The molecule has 0 amide bonds. The van der Waals surface area contributed by atoms with E-state index < -0.39 is 0 Å². The van der Waals surface area contributed by atoms with Gasteiger partial charge in [0.05, 0.1) is 5.56 Å². The number of Topliss-reactive ketones (excluding diaryl/α,β-unsaturated/α-hetero) is 1. The van der Waals surface area contributed by atoms with Crippen molar-refractivity contribution in [3.63, 3.8) is 0 Å². The van der Waals surface area contributed by atoms with E-state index in [1.54, 1.807) is 0 Å². The highest BCUT2D eigenvalue weighted by Gasteiger charge is 2.21. The van der Waals surface area contributed by atoms with Crippen LogP contribution in [-0.4, -0.2) is 5.78 Å². The molecule has 2 aromatic rings. The Kier molecular flexibility index (Phi) is 2.69. The van der Waals surface area contributed by atoms with E-state index in [1.807, 2.05) is 35.7 Å². The summed E-state index contributed by atoms with van der Waals surface area (Å²) >= 11 is 1.54. The van der Waals surface area contributed by atoms with Gasteiger partial charge in [0.25, 0.3) is 0 Å². The predicted molar refractivity (Wildman–Crippen MR) is 68.1 cm³/mol. The normalized spacial score (nSPS) is 14.5. The maximum atomic E-state index is 12.0. The van der Waals surface area contributed by atoms with Gasteiger partial charge in [0.1, 0.15) is 5.75 Å². The highest BCUT2D eigenvalue weighted by molar-refractivity contribution is 7.11. The fraction of sp³-hybridized carbons (Fsp3) is 0.214. The van der Waals surface area contributed by atoms with E-state index in [0.717, 1.165) is 29.0 Å². The second-order valence-electron chi connectivity index (χ2n) is 4.10. The van der Waals surface area contributed by atoms with Crippen molar-refractivity contribution < 1.29 is 9.53 Å². The minimum atomic E-state index is 0.207. The van der Waals surface area contributed by atoms with Gasteiger partial charge in [0, 0.05) is 6.42 Å². The second-order valence-corrected chi connectivity index (χ2v) is 5.01. The molecule has 3 heteroatoms. The van der Waals surface area contributed by atoms with Crippen LogP contribution in [0.3, 0.4) is 0 Å². The summed E-state index contributed by atoms with van der Waals surface area (Å²) in [7, 11) is 0. The van der Waals surface area contributed by atoms with E-state index in [-0.39, 0.29) is 5.78 Å². The summed E-state index contributed by atoms with van der Waals surface area (Å²) < 4.78 is 5.78. The zero-order chi connectivity index (χ0) is 11.7. The van der Waals surface area contributed by atoms with Crippen LogP contribution in [-0.2, 0) is 6.42 Å². The Bertz CT molecular complexity index is 543. The first-order valence-corrected chi connectivity index (χ1v) is 6.59. The van der Waals surface area contributed by atoms with E-state index >= 15 is 0 Å². The first kappa shape index (κ1) is 10.5. The Labute approximate surface area is 104 Å². The van der Waals surface area contributed by atoms with Crippen molar-refractivity contribution in [3.8, 4) is 10.8 Å². The van der Waals surface area contributed by atoms with Crippen LogP contribution < -0.4 is 4.74 Å². The van der Waals surface area contributed by atoms with Crippen LogP contribution in [0.1, 0.15) is 28.8 Å². The predicted octanol–water partition coefficient (Wildman–Crippen LogP) is 4.06. The molecule has 1 aliphatic rings. The number of hydrogen-bond acceptors (Lipinski definition) is 3.